The van der Waals surface area contributed by atoms with Crippen LogP contribution in [0.25, 0.3) is 0 Å². The van der Waals surface area contributed by atoms with E-state index in [1.54, 1.807) is 0 Å². The summed E-state index contributed by atoms with van der Waals surface area (Å²) in [7, 11) is 0. The molecule has 0 saturated carbocycles. The van der Waals surface area contributed by atoms with Crippen LogP contribution in [0, 0.1) is 0 Å². The van der Waals surface area contributed by atoms with Gasteiger partial charge < -0.3 is 14.9 Å². The topological polar surface area (TPSA) is 66.8 Å². The van der Waals surface area contributed by atoms with Crippen LogP contribution in [-0.2, 0) is 9.53 Å². The minimum Gasteiger partial charge on any atom is -0.457 e. The number of carbonyl (C=O) groups excluding carboxylic acids is 1. The molecule has 0 spiro atoms. The Kier molecular flexibility index (Phi) is 34.6. The molecule has 4 heteroatoms. The number of rotatable bonds is 33. The maximum atomic E-state index is 11.5. The highest BCUT2D eigenvalue weighted by atomic mass is 16.6. The zero-order chi connectivity index (χ0) is 30.6. The van der Waals surface area contributed by atoms with Crippen molar-refractivity contribution in [2.24, 2.45) is 0 Å². The molecule has 0 rings (SSSR count). The molecule has 0 radical (unpaired) electrons. The fourth-order valence-electron chi connectivity index (χ4n) is 5.28. The number of ether oxygens (including phenoxy) is 1. The molecule has 0 aliphatic rings. The molecule has 2 N–H and O–H groups in total. The van der Waals surface area contributed by atoms with Crippen molar-refractivity contribution in [3.63, 3.8) is 0 Å². The summed E-state index contributed by atoms with van der Waals surface area (Å²) in [4.78, 5) is 11.5. The van der Waals surface area contributed by atoms with Crippen molar-refractivity contribution in [3.8, 4) is 0 Å². The van der Waals surface area contributed by atoms with Crippen molar-refractivity contribution < 1.29 is 19.7 Å². The first-order chi connectivity index (χ1) is 20.7. The zero-order valence-electron chi connectivity index (χ0n) is 27.8. The maximum Gasteiger partial charge on any atom is 0.306 e. The molecule has 0 bridgehead atoms. The molecule has 4 nitrogen and oxygen atoms in total. The predicted molar refractivity (Wildman–Crippen MR) is 182 cm³/mol. The van der Waals surface area contributed by atoms with Crippen LogP contribution in [0.1, 0.15) is 180 Å². The number of aliphatic hydroxyl groups is 2. The van der Waals surface area contributed by atoms with Crippen LogP contribution >= 0.6 is 0 Å². The monoisotopic (exact) mass is 591 g/mol. The van der Waals surface area contributed by atoms with Crippen LogP contribution in [0.4, 0.5) is 0 Å². The third-order valence-corrected chi connectivity index (χ3v) is 8.05. The fraction of sp³-hybridized carbons (Fsp3) is 0.816. The Morgan fingerprint density at radius 3 is 1.19 bits per heavy atom. The lowest BCUT2D eigenvalue weighted by molar-refractivity contribution is -0.153. The SMILES string of the molecule is CCCCCCCCCCCCCCCCCCCCCCCCCC/C=C/C=C/C=C/CCC(=O)OC(CO)CO. The Labute approximate surface area is 261 Å². The van der Waals surface area contributed by atoms with Gasteiger partial charge in [-0.05, 0) is 19.3 Å². The van der Waals surface area contributed by atoms with E-state index in [-0.39, 0.29) is 19.6 Å². The number of allylic oxidation sites excluding steroid dienone is 6. The largest absolute Gasteiger partial charge is 0.457 e. The highest BCUT2D eigenvalue weighted by Crippen LogP contribution is 2.16. The van der Waals surface area contributed by atoms with Crippen LogP contribution in [-0.4, -0.2) is 35.5 Å². The third kappa shape index (κ3) is 33.1. The van der Waals surface area contributed by atoms with E-state index in [2.05, 4.69) is 19.1 Å². The molecule has 0 saturated heterocycles. The van der Waals surface area contributed by atoms with Crippen molar-refractivity contribution in [2.75, 3.05) is 13.2 Å². The second kappa shape index (κ2) is 35.8. The lowest BCUT2D eigenvalue weighted by Gasteiger charge is -2.11. The molecule has 0 aromatic carbocycles. The first kappa shape index (κ1) is 40.6. The van der Waals surface area contributed by atoms with Gasteiger partial charge in [-0.1, -0.05) is 191 Å². The molecule has 42 heavy (non-hydrogen) atoms. The van der Waals surface area contributed by atoms with Crippen molar-refractivity contribution in [3.05, 3.63) is 36.5 Å². The van der Waals surface area contributed by atoms with E-state index in [1.165, 1.54) is 154 Å². The van der Waals surface area contributed by atoms with E-state index >= 15 is 0 Å². The first-order valence-corrected chi connectivity index (χ1v) is 18.1. The Hall–Kier alpha value is -1.39. The minimum atomic E-state index is -0.810. The van der Waals surface area contributed by atoms with Crippen molar-refractivity contribution in [2.45, 2.75) is 186 Å². The van der Waals surface area contributed by atoms with Gasteiger partial charge in [-0.15, -0.1) is 0 Å². The van der Waals surface area contributed by atoms with Gasteiger partial charge in [-0.3, -0.25) is 4.79 Å². The summed E-state index contributed by atoms with van der Waals surface area (Å²) in [5, 5.41) is 17.8. The van der Waals surface area contributed by atoms with Crippen LogP contribution in [0.2, 0.25) is 0 Å². The minimum absolute atomic E-state index is 0.246. The highest BCUT2D eigenvalue weighted by Gasteiger charge is 2.11. The van der Waals surface area contributed by atoms with Gasteiger partial charge in [0.15, 0.2) is 0 Å². The summed E-state index contributed by atoms with van der Waals surface area (Å²) in [6.07, 6.45) is 47.6. The van der Waals surface area contributed by atoms with E-state index in [4.69, 9.17) is 14.9 Å². The average Bonchev–Trinajstić information content (AvgIpc) is 3.00. The predicted octanol–water partition coefficient (Wildman–Crippen LogP) is 11.1. The van der Waals surface area contributed by atoms with Crippen LogP contribution in [0.15, 0.2) is 36.5 Å². The summed E-state index contributed by atoms with van der Waals surface area (Å²) in [5.74, 6) is -0.401. The number of aliphatic hydroxyl groups excluding tert-OH is 2. The molecule has 0 unspecified atom stereocenters. The number of unbranched alkanes of at least 4 members (excludes halogenated alkanes) is 24. The Bertz CT molecular complexity index is 621. The number of carbonyl (C=O) groups is 1. The summed E-state index contributed by atoms with van der Waals surface area (Å²) in [5.41, 5.74) is 0. The van der Waals surface area contributed by atoms with Gasteiger partial charge in [0, 0.05) is 6.42 Å². The van der Waals surface area contributed by atoms with Crippen LogP contribution in [0.3, 0.4) is 0 Å². The molecule has 0 atom stereocenters. The summed E-state index contributed by atoms with van der Waals surface area (Å²) in [6, 6.07) is 0. The van der Waals surface area contributed by atoms with Gasteiger partial charge in [0.25, 0.3) is 0 Å². The molecule has 0 amide bonds. The van der Waals surface area contributed by atoms with Gasteiger partial charge in [0.2, 0.25) is 0 Å². The zero-order valence-corrected chi connectivity index (χ0v) is 27.8. The molecule has 246 valence electrons. The van der Waals surface area contributed by atoms with Crippen molar-refractivity contribution >= 4 is 5.97 Å². The highest BCUT2D eigenvalue weighted by molar-refractivity contribution is 5.69. The van der Waals surface area contributed by atoms with Gasteiger partial charge in [-0.2, -0.15) is 0 Å². The van der Waals surface area contributed by atoms with Gasteiger partial charge >= 0.3 is 5.97 Å². The molecular weight excluding hydrogens is 520 g/mol. The van der Waals surface area contributed by atoms with E-state index in [0.717, 1.165) is 6.42 Å². The second-order valence-electron chi connectivity index (χ2n) is 12.2. The number of hydrogen-bond donors (Lipinski definition) is 2. The molecular formula is C38H70O4. The summed E-state index contributed by atoms with van der Waals surface area (Å²) in [6.45, 7) is 1.59. The van der Waals surface area contributed by atoms with Crippen molar-refractivity contribution in [1.29, 1.82) is 0 Å². The summed E-state index contributed by atoms with van der Waals surface area (Å²) >= 11 is 0. The lowest BCUT2D eigenvalue weighted by atomic mass is 10.0. The maximum absolute atomic E-state index is 11.5. The Balaban J connectivity index is 3.26. The molecule has 0 heterocycles. The van der Waals surface area contributed by atoms with Gasteiger partial charge in [0.1, 0.15) is 6.10 Å². The third-order valence-electron chi connectivity index (χ3n) is 8.05. The van der Waals surface area contributed by atoms with E-state index in [1.807, 2.05) is 24.3 Å². The summed E-state index contributed by atoms with van der Waals surface area (Å²) < 4.78 is 4.91. The van der Waals surface area contributed by atoms with E-state index in [9.17, 15) is 4.79 Å². The molecule has 0 aromatic rings. The fourth-order valence-corrected chi connectivity index (χ4v) is 5.28. The lowest BCUT2D eigenvalue weighted by Crippen LogP contribution is -2.25. The van der Waals surface area contributed by atoms with Crippen LogP contribution < -0.4 is 0 Å². The molecule has 0 aliphatic carbocycles. The first-order valence-electron chi connectivity index (χ1n) is 18.1. The van der Waals surface area contributed by atoms with E-state index in [0.29, 0.717) is 6.42 Å². The quantitative estimate of drug-likeness (QED) is 0.0453. The van der Waals surface area contributed by atoms with Gasteiger partial charge in [-0.25, -0.2) is 0 Å². The second-order valence-corrected chi connectivity index (χ2v) is 12.2. The molecule has 0 fully saturated rings. The normalized spacial score (nSPS) is 12.1. The average molecular weight is 591 g/mol. The Morgan fingerprint density at radius 2 is 0.833 bits per heavy atom. The van der Waals surface area contributed by atoms with Crippen molar-refractivity contribution in [1.82, 2.24) is 0 Å². The van der Waals surface area contributed by atoms with E-state index < -0.39 is 12.1 Å². The number of esters is 1. The van der Waals surface area contributed by atoms with Crippen LogP contribution in [0.5, 0.6) is 0 Å². The smallest absolute Gasteiger partial charge is 0.306 e. The standard InChI is InChI=1S/C38H70O4/c1-2-3-4-5-6-7-8-9-10-11-12-13-14-15-16-17-18-19-20-21-22-23-24-25-26-27-28-29-30-31-32-33-34-38(41)42-37(35-39)36-40/h27-32,37,39-40H,2-26,33-36H2,1H3/b28-27+,30-29+,32-31+. The molecule has 0 aliphatic heterocycles. The number of hydrogen-bond acceptors (Lipinski definition) is 4. The Morgan fingerprint density at radius 1 is 0.500 bits per heavy atom. The molecule has 0 aromatic heterocycles. The van der Waals surface area contributed by atoms with Gasteiger partial charge in [0.05, 0.1) is 13.2 Å².